The lowest BCUT2D eigenvalue weighted by Crippen LogP contribution is -1.96. The molecule has 0 saturated carbocycles. The van der Waals surface area contributed by atoms with Crippen LogP contribution in [0.1, 0.15) is 27.2 Å². The normalized spacial score (nSPS) is 14.2. The van der Waals surface area contributed by atoms with E-state index in [9.17, 15) is 0 Å². The van der Waals surface area contributed by atoms with Gasteiger partial charge in [-0.15, -0.1) is 0 Å². The lowest BCUT2D eigenvalue weighted by atomic mass is 9.87. The summed E-state index contributed by atoms with van der Waals surface area (Å²) >= 11 is 0. The molecule has 1 nitrogen and oxygen atoms in total. The van der Waals surface area contributed by atoms with Crippen molar-refractivity contribution in [1.82, 2.24) is 0 Å². The molecule has 2 heteroatoms. The first-order valence-corrected chi connectivity index (χ1v) is 5.58. The van der Waals surface area contributed by atoms with Crippen LogP contribution in [-0.2, 0) is 0 Å². The fourth-order valence-corrected chi connectivity index (χ4v) is 1.16. The molecule has 0 aliphatic rings. The lowest BCUT2D eigenvalue weighted by molar-refractivity contribution is 0.648. The minimum Gasteiger partial charge on any atom is -0.301 e. The van der Waals surface area contributed by atoms with Crippen molar-refractivity contribution in [3.05, 3.63) is 36.0 Å². The molecule has 0 amide bonds. The van der Waals surface area contributed by atoms with Gasteiger partial charge in [0, 0.05) is 0 Å². The van der Waals surface area contributed by atoms with Gasteiger partial charge in [-0.25, -0.2) is 0 Å². The average Bonchev–Trinajstić information content (AvgIpc) is 2.22. The Kier molecular flexibility index (Phi) is 6.77. The molecule has 0 saturated heterocycles. The molecular formula is C13H22BN. The van der Waals surface area contributed by atoms with Gasteiger partial charge in [-0.3, -0.25) is 0 Å². The van der Waals surface area contributed by atoms with E-state index in [1.54, 1.807) is 0 Å². The molecule has 0 aromatic carbocycles. The van der Waals surface area contributed by atoms with Crippen LogP contribution >= 0.6 is 0 Å². The van der Waals surface area contributed by atoms with Gasteiger partial charge in [-0.05, 0) is 37.8 Å². The van der Waals surface area contributed by atoms with E-state index in [1.807, 2.05) is 26.0 Å². The van der Waals surface area contributed by atoms with Gasteiger partial charge in [0.15, 0.2) is 0 Å². The van der Waals surface area contributed by atoms with Crippen molar-refractivity contribution in [1.29, 1.82) is 5.41 Å². The van der Waals surface area contributed by atoms with Crippen molar-refractivity contribution in [2.24, 2.45) is 5.92 Å². The van der Waals surface area contributed by atoms with Crippen LogP contribution in [0.25, 0.3) is 0 Å². The molecule has 1 atom stereocenters. The summed E-state index contributed by atoms with van der Waals surface area (Å²) in [6, 6.07) is 0. The standard InChI is InChI=1S/C13H22BN/c1-5-12(8-11(4)9-14)6-7-13(15)10(2)3/h5-7,11,15H,2,8-9,14H2,1,3-4H3/b7-6-,12-5+,15-13?. The third-order valence-electron chi connectivity index (χ3n) is 2.58. The highest BCUT2D eigenvalue weighted by Gasteiger charge is 2.00. The van der Waals surface area contributed by atoms with Crippen molar-refractivity contribution in [2.45, 2.75) is 33.5 Å². The van der Waals surface area contributed by atoms with Crippen molar-refractivity contribution >= 4 is 13.6 Å². The van der Waals surface area contributed by atoms with Crippen LogP contribution in [0.3, 0.4) is 0 Å². The van der Waals surface area contributed by atoms with E-state index in [-0.39, 0.29) is 0 Å². The van der Waals surface area contributed by atoms with Crippen LogP contribution in [0.5, 0.6) is 0 Å². The second kappa shape index (κ2) is 7.27. The zero-order valence-corrected chi connectivity index (χ0v) is 10.4. The number of nitrogens with one attached hydrogen (secondary N) is 1. The SMILES string of the molecule is BCC(C)CC(/C=C\C(=N)C(=C)C)=C/C. The van der Waals surface area contributed by atoms with E-state index in [2.05, 4.69) is 27.4 Å². The van der Waals surface area contributed by atoms with Gasteiger partial charge in [0.2, 0.25) is 0 Å². The first kappa shape index (κ1) is 14.0. The zero-order valence-electron chi connectivity index (χ0n) is 10.4. The lowest BCUT2D eigenvalue weighted by Gasteiger charge is -2.08. The number of rotatable bonds is 6. The molecule has 0 bridgehead atoms. The van der Waals surface area contributed by atoms with E-state index in [1.165, 1.54) is 11.9 Å². The molecule has 1 N–H and O–H groups in total. The summed E-state index contributed by atoms with van der Waals surface area (Å²) in [6.07, 6.45) is 8.27. The van der Waals surface area contributed by atoms with Crippen LogP contribution < -0.4 is 0 Å². The molecule has 82 valence electrons. The summed E-state index contributed by atoms with van der Waals surface area (Å²) in [7, 11) is 2.21. The number of hydrogen-bond acceptors (Lipinski definition) is 1. The zero-order chi connectivity index (χ0) is 11.8. The molecule has 15 heavy (non-hydrogen) atoms. The molecule has 0 aliphatic heterocycles. The summed E-state index contributed by atoms with van der Waals surface area (Å²) in [5, 5.41) is 7.63. The molecule has 0 rings (SSSR count). The Balaban J connectivity index is 4.35. The molecule has 0 heterocycles. The molecule has 0 radical (unpaired) electrons. The summed E-state index contributed by atoms with van der Waals surface area (Å²) in [5.74, 6) is 0.708. The van der Waals surface area contributed by atoms with Crippen molar-refractivity contribution in [3.8, 4) is 0 Å². The van der Waals surface area contributed by atoms with Crippen LogP contribution in [0.4, 0.5) is 0 Å². The minimum atomic E-state index is 0.513. The molecule has 0 spiro atoms. The Morgan fingerprint density at radius 2 is 2.07 bits per heavy atom. The summed E-state index contributed by atoms with van der Waals surface area (Å²) < 4.78 is 0. The van der Waals surface area contributed by atoms with E-state index in [4.69, 9.17) is 5.41 Å². The fourth-order valence-electron chi connectivity index (χ4n) is 1.16. The number of hydrogen-bond donors (Lipinski definition) is 1. The van der Waals surface area contributed by atoms with E-state index >= 15 is 0 Å². The van der Waals surface area contributed by atoms with Crippen LogP contribution in [0, 0.1) is 11.3 Å². The Hall–Kier alpha value is -1.05. The quantitative estimate of drug-likeness (QED) is 0.389. The largest absolute Gasteiger partial charge is 0.301 e. The minimum absolute atomic E-state index is 0.513. The molecule has 0 aromatic heterocycles. The predicted molar refractivity (Wildman–Crippen MR) is 72.6 cm³/mol. The van der Waals surface area contributed by atoms with Gasteiger partial charge in [0.05, 0.1) is 5.71 Å². The second-order valence-electron chi connectivity index (χ2n) is 4.11. The fraction of sp³-hybridized carbons (Fsp3) is 0.462. The van der Waals surface area contributed by atoms with E-state index < -0.39 is 0 Å². The maximum absolute atomic E-state index is 7.63. The smallest absolute Gasteiger partial charge is 0.101 e. The Bertz CT molecular complexity index is 287. The number of allylic oxidation sites excluding steroid dienone is 5. The Morgan fingerprint density at radius 3 is 2.47 bits per heavy atom. The first-order chi connectivity index (χ1) is 7.01. The van der Waals surface area contributed by atoms with Gasteiger partial charge in [-0.1, -0.05) is 37.5 Å². The molecule has 0 fully saturated rings. The van der Waals surface area contributed by atoms with Gasteiger partial charge >= 0.3 is 0 Å². The maximum atomic E-state index is 7.63. The molecule has 0 aromatic rings. The average molecular weight is 203 g/mol. The van der Waals surface area contributed by atoms with Gasteiger partial charge in [0.1, 0.15) is 7.85 Å². The highest BCUT2D eigenvalue weighted by molar-refractivity contribution is 6.08. The monoisotopic (exact) mass is 203 g/mol. The second-order valence-corrected chi connectivity index (χ2v) is 4.11. The van der Waals surface area contributed by atoms with E-state index in [0.29, 0.717) is 11.6 Å². The Morgan fingerprint density at radius 1 is 1.47 bits per heavy atom. The maximum Gasteiger partial charge on any atom is 0.101 e. The summed E-state index contributed by atoms with van der Waals surface area (Å²) in [5.41, 5.74) is 2.62. The topological polar surface area (TPSA) is 23.9 Å². The Labute approximate surface area is 94.9 Å². The van der Waals surface area contributed by atoms with Crippen LogP contribution in [0.2, 0.25) is 6.32 Å². The van der Waals surface area contributed by atoms with Crippen LogP contribution in [-0.4, -0.2) is 13.6 Å². The molecular weight excluding hydrogens is 181 g/mol. The third-order valence-corrected chi connectivity index (χ3v) is 2.58. The van der Waals surface area contributed by atoms with Crippen molar-refractivity contribution in [2.75, 3.05) is 0 Å². The van der Waals surface area contributed by atoms with E-state index in [0.717, 1.165) is 12.0 Å². The van der Waals surface area contributed by atoms with Gasteiger partial charge in [0.25, 0.3) is 0 Å². The van der Waals surface area contributed by atoms with Crippen molar-refractivity contribution in [3.63, 3.8) is 0 Å². The molecule has 0 aliphatic carbocycles. The third kappa shape index (κ3) is 6.11. The van der Waals surface area contributed by atoms with Crippen molar-refractivity contribution < 1.29 is 0 Å². The summed E-state index contributed by atoms with van der Waals surface area (Å²) in [4.78, 5) is 0. The summed E-state index contributed by atoms with van der Waals surface area (Å²) in [6.45, 7) is 9.90. The predicted octanol–water partition coefficient (Wildman–Crippen LogP) is 3.16. The highest BCUT2D eigenvalue weighted by atomic mass is 14.4. The highest BCUT2D eigenvalue weighted by Crippen LogP contribution is 2.15. The van der Waals surface area contributed by atoms with Gasteiger partial charge < -0.3 is 5.41 Å². The van der Waals surface area contributed by atoms with Crippen LogP contribution in [0.15, 0.2) is 36.0 Å². The van der Waals surface area contributed by atoms with Gasteiger partial charge in [-0.2, -0.15) is 0 Å². The first-order valence-electron chi connectivity index (χ1n) is 5.58. The molecule has 1 unspecified atom stereocenters.